The normalized spacial score (nSPS) is 23.9. The number of sulfone groups is 1. The minimum absolute atomic E-state index is 0.0130. The molecule has 11 heteroatoms. The number of amides is 1. The standard InChI is InChI=1S/C24H21ClF3N3O3S/c25-17-4-3-14(24(32)31-15-10-18(26)22(28)19(27)11-15)9-20(17)35(33,34)16-7-12-1-2-13(8-16)21(12)23-29-5-6-30-23/h3-6,9-13,16,21H,1-2,7-8H2,(H,29,30)(H,31,32). The number of anilines is 1. The molecule has 1 amide bonds. The molecular weight excluding hydrogens is 503 g/mol. The molecule has 0 spiro atoms. The maximum Gasteiger partial charge on any atom is 0.255 e. The fourth-order valence-electron chi connectivity index (χ4n) is 5.51. The van der Waals surface area contributed by atoms with Gasteiger partial charge in [0.25, 0.3) is 5.91 Å². The van der Waals surface area contributed by atoms with Crippen LogP contribution in [0.3, 0.4) is 0 Å². The zero-order valence-corrected chi connectivity index (χ0v) is 19.8. The highest BCUT2D eigenvalue weighted by atomic mass is 35.5. The third-order valence-corrected chi connectivity index (χ3v) is 9.73. The molecule has 0 aliphatic heterocycles. The van der Waals surface area contributed by atoms with Crippen LogP contribution in [-0.2, 0) is 9.84 Å². The molecule has 2 unspecified atom stereocenters. The van der Waals surface area contributed by atoms with Crippen LogP contribution in [0, 0.1) is 29.3 Å². The number of fused-ring (bicyclic) bond motifs is 2. The molecule has 2 aliphatic carbocycles. The number of benzene rings is 2. The number of aromatic nitrogens is 2. The quantitative estimate of drug-likeness (QED) is 0.433. The van der Waals surface area contributed by atoms with Crippen molar-refractivity contribution >= 4 is 33.0 Å². The van der Waals surface area contributed by atoms with Gasteiger partial charge in [0.15, 0.2) is 27.3 Å². The van der Waals surface area contributed by atoms with Crippen molar-refractivity contribution in [3.8, 4) is 0 Å². The van der Waals surface area contributed by atoms with Crippen molar-refractivity contribution in [3.63, 3.8) is 0 Å². The van der Waals surface area contributed by atoms with Crippen LogP contribution in [0.25, 0.3) is 0 Å². The van der Waals surface area contributed by atoms with Crippen molar-refractivity contribution in [1.82, 2.24) is 9.97 Å². The molecule has 1 heterocycles. The molecule has 1 aromatic heterocycles. The predicted molar refractivity (Wildman–Crippen MR) is 123 cm³/mol. The fourth-order valence-corrected chi connectivity index (χ4v) is 7.94. The lowest BCUT2D eigenvalue weighted by Crippen LogP contribution is -2.34. The molecule has 2 fully saturated rings. The summed E-state index contributed by atoms with van der Waals surface area (Å²) in [5, 5.41) is 1.59. The monoisotopic (exact) mass is 523 g/mol. The first-order valence-corrected chi connectivity index (χ1v) is 13.1. The van der Waals surface area contributed by atoms with E-state index in [9.17, 15) is 26.4 Å². The number of hydrogen-bond donors (Lipinski definition) is 2. The average molecular weight is 524 g/mol. The van der Waals surface area contributed by atoms with Crippen molar-refractivity contribution in [2.24, 2.45) is 11.8 Å². The number of nitrogens with one attached hydrogen (secondary N) is 2. The first kappa shape index (κ1) is 23.9. The summed E-state index contributed by atoms with van der Waals surface area (Å²) < 4.78 is 67.4. The van der Waals surface area contributed by atoms with Crippen molar-refractivity contribution in [2.45, 2.75) is 41.7 Å². The fraction of sp³-hybridized carbons (Fsp3) is 0.333. The predicted octanol–water partition coefficient (Wildman–Crippen LogP) is 5.48. The van der Waals surface area contributed by atoms with Crippen LogP contribution in [0.1, 0.15) is 47.8 Å². The summed E-state index contributed by atoms with van der Waals surface area (Å²) in [5.41, 5.74) is -0.371. The van der Waals surface area contributed by atoms with Gasteiger partial charge in [0, 0.05) is 41.7 Å². The number of rotatable bonds is 5. The molecule has 0 saturated heterocycles. The molecule has 35 heavy (non-hydrogen) atoms. The molecule has 2 aromatic carbocycles. The second kappa shape index (κ2) is 8.98. The van der Waals surface area contributed by atoms with Crippen LogP contribution < -0.4 is 5.32 Å². The summed E-state index contributed by atoms with van der Waals surface area (Å²) in [6, 6.07) is 5.06. The number of H-pyrrole nitrogens is 1. The lowest BCUT2D eigenvalue weighted by Gasteiger charge is -2.34. The van der Waals surface area contributed by atoms with Gasteiger partial charge in [-0.3, -0.25) is 4.79 Å². The lowest BCUT2D eigenvalue weighted by atomic mass is 9.78. The molecule has 2 atom stereocenters. The van der Waals surface area contributed by atoms with Crippen LogP contribution in [0.5, 0.6) is 0 Å². The summed E-state index contributed by atoms with van der Waals surface area (Å²) >= 11 is 6.26. The van der Waals surface area contributed by atoms with Gasteiger partial charge >= 0.3 is 0 Å². The van der Waals surface area contributed by atoms with Gasteiger partial charge in [0.2, 0.25) is 0 Å². The first-order valence-electron chi connectivity index (χ1n) is 11.1. The zero-order chi connectivity index (χ0) is 24.9. The Morgan fingerprint density at radius 3 is 2.31 bits per heavy atom. The third-order valence-electron chi connectivity index (χ3n) is 7.07. The zero-order valence-electron chi connectivity index (χ0n) is 18.3. The van der Waals surface area contributed by atoms with Crippen molar-refractivity contribution in [2.75, 3.05) is 5.32 Å². The van der Waals surface area contributed by atoms with Gasteiger partial charge in [-0.05, 0) is 55.7 Å². The van der Waals surface area contributed by atoms with E-state index in [1.54, 1.807) is 12.4 Å². The van der Waals surface area contributed by atoms with E-state index in [2.05, 4.69) is 15.3 Å². The lowest BCUT2D eigenvalue weighted by molar-refractivity contribution is 0.102. The Labute approximate surface area is 204 Å². The van der Waals surface area contributed by atoms with E-state index in [1.807, 2.05) is 0 Å². The maximum atomic E-state index is 13.6. The summed E-state index contributed by atoms with van der Waals surface area (Å²) in [4.78, 5) is 20.1. The van der Waals surface area contributed by atoms with Crippen LogP contribution in [-0.4, -0.2) is 29.5 Å². The number of carbonyl (C=O) groups is 1. The van der Waals surface area contributed by atoms with Crippen molar-refractivity contribution in [3.05, 3.63) is 76.6 Å². The Morgan fingerprint density at radius 2 is 1.71 bits per heavy atom. The highest BCUT2D eigenvalue weighted by Gasteiger charge is 2.48. The highest BCUT2D eigenvalue weighted by molar-refractivity contribution is 7.92. The van der Waals surface area contributed by atoms with E-state index in [4.69, 9.17) is 11.6 Å². The molecule has 2 aliphatic rings. The van der Waals surface area contributed by atoms with Crippen LogP contribution in [0.4, 0.5) is 18.9 Å². The Hall–Kier alpha value is -2.85. The van der Waals surface area contributed by atoms with Gasteiger partial charge in [0.05, 0.1) is 15.2 Å². The second-order valence-electron chi connectivity index (χ2n) is 9.09. The number of hydrogen-bond acceptors (Lipinski definition) is 4. The van der Waals surface area contributed by atoms with E-state index in [0.29, 0.717) is 25.0 Å². The Morgan fingerprint density at radius 1 is 1.06 bits per heavy atom. The van der Waals surface area contributed by atoms with Gasteiger partial charge in [-0.15, -0.1) is 0 Å². The van der Waals surface area contributed by atoms with E-state index in [1.165, 1.54) is 18.2 Å². The van der Waals surface area contributed by atoms with Gasteiger partial charge in [0.1, 0.15) is 5.82 Å². The number of aromatic amines is 1. The number of imidazole rings is 1. The van der Waals surface area contributed by atoms with Crippen LogP contribution in [0.2, 0.25) is 5.02 Å². The van der Waals surface area contributed by atoms with E-state index >= 15 is 0 Å². The SMILES string of the molecule is O=C(Nc1cc(F)c(F)c(F)c1)c1ccc(Cl)c(S(=O)(=O)C2CC3CCC(C2)C3c2ncc[nH]2)c1. The Bertz CT molecular complexity index is 1360. The summed E-state index contributed by atoms with van der Waals surface area (Å²) in [6.45, 7) is 0. The molecule has 2 bridgehead atoms. The Kier molecular flexibility index (Phi) is 6.13. The van der Waals surface area contributed by atoms with Crippen LogP contribution in [0.15, 0.2) is 47.6 Å². The molecule has 3 aromatic rings. The van der Waals surface area contributed by atoms with Gasteiger partial charge in [-0.25, -0.2) is 26.6 Å². The summed E-state index contributed by atoms with van der Waals surface area (Å²) in [6.07, 6.45) is 6.23. The van der Waals surface area contributed by atoms with Gasteiger partial charge in [-0.2, -0.15) is 0 Å². The average Bonchev–Trinajstić information content (AvgIpc) is 3.42. The van der Waals surface area contributed by atoms with Gasteiger partial charge in [-0.1, -0.05) is 11.6 Å². The van der Waals surface area contributed by atoms with Crippen molar-refractivity contribution < 1.29 is 26.4 Å². The number of carbonyl (C=O) groups excluding carboxylic acids is 1. The number of halogens is 4. The highest BCUT2D eigenvalue weighted by Crippen LogP contribution is 2.53. The minimum Gasteiger partial charge on any atom is -0.348 e. The van der Waals surface area contributed by atoms with Crippen LogP contribution >= 0.6 is 11.6 Å². The first-order chi connectivity index (χ1) is 16.6. The third kappa shape index (κ3) is 4.33. The molecule has 0 radical (unpaired) electrons. The molecule has 2 saturated carbocycles. The maximum absolute atomic E-state index is 13.6. The summed E-state index contributed by atoms with van der Waals surface area (Å²) in [7, 11) is -3.87. The topological polar surface area (TPSA) is 91.9 Å². The molecule has 5 rings (SSSR count). The van der Waals surface area contributed by atoms with Crippen molar-refractivity contribution in [1.29, 1.82) is 0 Å². The second-order valence-corrected chi connectivity index (χ2v) is 11.7. The van der Waals surface area contributed by atoms with E-state index in [-0.39, 0.29) is 38.9 Å². The smallest absolute Gasteiger partial charge is 0.255 e. The van der Waals surface area contributed by atoms with Gasteiger partial charge < -0.3 is 10.3 Å². The van der Waals surface area contributed by atoms with E-state index in [0.717, 1.165) is 18.7 Å². The minimum atomic E-state index is -3.87. The molecule has 6 nitrogen and oxygen atoms in total. The Balaban J connectivity index is 1.39. The van der Waals surface area contributed by atoms with E-state index < -0.39 is 38.4 Å². The molecule has 184 valence electrons. The number of nitrogens with zero attached hydrogens (tertiary/aromatic N) is 1. The molecular formula is C24H21ClF3N3O3S. The largest absolute Gasteiger partial charge is 0.348 e. The summed E-state index contributed by atoms with van der Waals surface area (Å²) in [5.74, 6) is -3.96. The molecule has 2 N–H and O–H groups in total.